The van der Waals surface area contributed by atoms with E-state index in [1.807, 2.05) is 7.85 Å². The standard InChI is InChI=1S/C16H20BF4NS/c1-10-7-12(18)13(8-14(10)23-9-16(19,20)21)22-15(17)11-5-3-2-4-6-11/h7-8,11H,2-6,9,17H2,1H3/b22-15-. The summed E-state index contributed by atoms with van der Waals surface area (Å²) in [6.45, 7) is 1.61. The fourth-order valence-electron chi connectivity index (χ4n) is 2.84. The van der Waals surface area contributed by atoms with Crippen molar-refractivity contribution in [3.63, 3.8) is 0 Å². The number of thioether (sulfide) groups is 1. The number of alkyl halides is 3. The Morgan fingerprint density at radius 2 is 1.91 bits per heavy atom. The van der Waals surface area contributed by atoms with Crippen LogP contribution >= 0.6 is 11.8 Å². The van der Waals surface area contributed by atoms with Crippen molar-refractivity contribution in [2.45, 2.75) is 50.1 Å². The summed E-state index contributed by atoms with van der Waals surface area (Å²) in [5.41, 5.74) is 1.52. The maximum atomic E-state index is 14.1. The van der Waals surface area contributed by atoms with E-state index in [0.717, 1.165) is 31.3 Å². The molecule has 1 aromatic carbocycles. The molecule has 126 valence electrons. The lowest BCUT2D eigenvalue weighted by Crippen LogP contribution is -2.17. The number of hydrogen-bond acceptors (Lipinski definition) is 2. The Balaban J connectivity index is 2.20. The zero-order chi connectivity index (χ0) is 17.0. The van der Waals surface area contributed by atoms with E-state index in [9.17, 15) is 17.6 Å². The van der Waals surface area contributed by atoms with Crippen molar-refractivity contribution >= 4 is 30.9 Å². The molecule has 0 aromatic heterocycles. The first-order chi connectivity index (χ1) is 10.8. The first-order valence-electron chi connectivity index (χ1n) is 7.81. The minimum atomic E-state index is -4.24. The van der Waals surface area contributed by atoms with Gasteiger partial charge in [-0.1, -0.05) is 19.3 Å². The molecule has 0 N–H and O–H groups in total. The van der Waals surface area contributed by atoms with Crippen molar-refractivity contribution in [1.29, 1.82) is 0 Å². The van der Waals surface area contributed by atoms with Crippen LogP contribution in [0.5, 0.6) is 0 Å². The van der Waals surface area contributed by atoms with Crippen LogP contribution < -0.4 is 0 Å². The van der Waals surface area contributed by atoms with E-state index in [2.05, 4.69) is 4.99 Å². The molecule has 1 aliphatic rings. The number of rotatable bonds is 4. The second kappa shape index (κ2) is 7.73. The lowest BCUT2D eigenvalue weighted by molar-refractivity contribution is -0.105. The van der Waals surface area contributed by atoms with Crippen LogP contribution in [-0.4, -0.2) is 25.4 Å². The quantitative estimate of drug-likeness (QED) is 0.323. The normalized spacial score (nSPS) is 17.5. The van der Waals surface area contributed by atoms with E-state index >= 15 is 0 Å². The van der Waals surface area contributed by atoms with Crippen molar-refractivity contribution in [3.8, 4) is 0 Å². The van der Waals surface area contributed by atoms with Gasteiger partial charge >= 0.3 is 6.18 Å². The molecule has 2 rings (SSSR count). The summed E-state index contributed by atoms with van der Waals surface area (Å²) >= 11 is 0.679. The SMILES string of the molecule is B/C(=N\c1cc(SCC(F)(F)F)c(C)cc1F)C1CCCCC1. The largest absolute Gasteiger partial charge is 0.398 e. The van der Waals surface area contributed by atoms with E-state index in [1.165, 1.54) is 18.6 Å². The third-order valence-corrected chi connectivity index (χ3v) is 5.35. The molecule has 23 heavy (non-hydrogen) atoms. The van der Waals surface area contributed by atoms with Crippen molar-refractivity contribution in [2.75, 3.05) is 5.75 Å². The van der Waals surface area contributed by atoms with Gasteiger partial charge < -0.3 is 0 Å². The van der Waals surface area contributed by atoms with Gasteiger partial charge in [-0.25, -0.2) is 4.39 Å². The maximum Gasteiger partial charge on any atom is 0.398 e. The van der Waals surface area contributed by atoms with Crippen LogP contribution in [0.25, 0.3) is 0 Å². The molecule has 0 radical (unpaired) electrons. The van der Waals surface area contributed by atoms with Gasteiger partial charge in [0.25, 0.3) is 0 Å². The Morgan fingerprint density at radius 1 is 1.26 bits per heavy atom. The van der Waals surface area contributed by atoms with Crippen molar-refractivity contribution in [1.82, 2.24) is 0 Å². The summed E-state index contributed by atoms with van der Waals surface area (Å²) in [6.07, 6.45) is 1.39. The maximum absolute atomic E-state index is 14.1. The Hall–Kier alpha value is -0.975. The smallest absolute Gasteiger partial charge is 0.265 e. The minimum Gasteiger partial charge on any atom is -0.265 e. The third-order valence-electron chi connectivity index (χ3n) is 4.13. The van der Waals surface area contributed by atoms with Gasteiger partial charge in [-0.3, -0.25) is 4.99 Å². The van der Waals surface area contributed by atoms with E-state index in [4.69, 9.17) is 0 Å². The topological polar surface area (TPSA) is 12.4 Å². The molecular formula is C16H20BF4NS. The van der Waals surface area contributed by atoms with E-state index < -0.39 is 17.7 Å². The van der Waals surface area contributed by atoms with Gasteiger partial charge in [0.15, 0.2) is 7.85 Å². The molecule has 7 heteroatoms. The molecule has 0 heterocycles. The van der Waals surface area contributed by atoms with Gasteiger partial charge in [-0.15, -0.1) is 11.8 Å². The zero-order valence-electron chi connectivity index (χ0n) is 13.3. The van der Waals surface area contributed by atoms with Crippen molar-refractivity contribution < 1.29 is 17.6 Å². The highest BCUT2D eigenvalue weighted by molar-refractivity contribution is 7.99. The summed E-state index contributed by atoms with van der Waals surface area (Å²) in [5, 5.41) is 0. The van der Waals surface area contributed by atoms with Gasteiger partial charge in [0.05, 0.1) is 11.4 Å². The number of aryl methyl sites for hydroxylation is 1. The Bertz CT molecular complexity index is 580. The molecule has 0 bridgehead atoms. The molecule has 1 fully saturated rings. The van der Waals surface area contributed by atoms with E-state index in [-0.39, 0.29) is 5.69 Å². The molecule has 0 amide bonds. The molecule has 1 aromatic rings. The number of benzene rings is 1. The molecule has 1 nitrogen and oxygen atoms in total. The molecular weight excluding hydrogens is 325 g/mol. The lowest BCUT2D eigenvalue weighted by Gasteiger charge is -2.21. The lowest BCUT2D eigenvalue weighted by atomic mass is 9.78. The van der Waals surface area contributed by atoms with Crippen LogP contribution in [0.15, 0.2) is 22.0 Å². The summed E-state index contributed by atoms with van der Waals surface area (Å²) < 4.78 is 51.2. The van der Waals surface area contributed by atoms with E-state index in [0.29, 0.717) is 28.1 Å². The molecule has 0 atom stereocenters. The zero-order valence-corrected chi connectivity index (χ0v) is 14.2. The fourth-order valence-corrected chi connectivity index (χ4v) is 3.65. The van der Waals surface area contributed by atoms with Gasteiger partial charge in [-0.05, 0) is 49.0 Å². The first-order valence-corrected chi connectivity index (χ1v) is 8.79. The number of hydrogen-bond donors (Lipinski definition) is 0. The van der Waals surface area contributed by atoms with Crippen molar-refractivity contribution in [3.05, 3.63) is 23.5 Å². The molecule has 1 saturated carbocycles. The molecule has 0 aliphatic heterocycles. The van der Waals surface area contributed by atoms with Crippen molar-refractivity contribution in [2.24, 2.45) is 10.9 Å². The summed E-state index contributed by atoms with van der Waals surface area (Å²) in [6, 6.07) is 2.71. The Morgan fingerprint density at radius 3 is 2.52 bits per heavy atom. The first kappa shape index (κ1) is 18.4. The molecule has 0 saturated heterocycles. The third kappa shape index (κ3) is 5.55. The van der Waals surface area contributed by atoms with Crippen LogP contribution in [0, 0.1) is 18.7 Å². The van der Waals surface area contributed by atoms with Crippen LogP contribution in [0.3, 0.4) is 0 Å². The highest BCUT2D eigenvalue weighted by Gasteiger charge is 2.27. The Kier molecular flexibility index (Phi) is 6.17. The van der Waals surface area contributed by atoms with Crippen LogP contribution in [0.4, 0.5) is 23.2 Å². The number of halogens is 4. The summed E-state index contributed by atoms with van der Waals surface area (Å²) in [5.74, 6) is -1.10. The second-order valence-corrected chi connectivity index (χ2v) is 7.08. The summed E-state index contributed by atoms with van der Waals surface area (Å²) in [7, 11) is 1.89. The molecule has 0 spiro atoms. The fraction of sp³-hybridized carbons (Fsp3) is 0.562. The van der Waals surface area contributed by atoms with Gasteiger partial charge in [0.2, 0.25) is 0 Å². The highest BCUT2D eigenvalue weighted by atomic mass is 32.2. The van der Waals surface area contributed by atoms with E-state index in [1.54, 1.807) is 6.92 Å². The highest BCUT2D eigenvalue weighted by Crippen LogP contribution is 2.34. The predicted molar refractivity (Wildman–Crippen MR) is 90.1 cm³/mol. The second-order valence-electron chi connectivity index (χ2n) is 6.06. The van der Waals surface area contributed by atoms with Crippen LogP contribution in [0.2, 0.25) is 0 Å². The molecule has 0 unspecified atom stereocenters. The molecule has 1 aliphatic carbocycles. The number of nitrogens with zero attached hydrogens (tertiary/aromatic N) is 1. The average Bonchev–Trinajstić information content (AvgIpc) is 2.48. The monoisotopic (exact) mass is 345 g/mol. The summed E-state index contributed by atoms with van der Waals surface area (Å²) in [4.78, 5) is 4.81. The van der Waals surface area contributed by atoms with Crippen LogP contribution in [0.1, 0.15) is 37.7 Å². The Labute approximate surface area is 139 Å². The predicted octanol–water partition coefficient (Wildman–Crippen LogP) is 5.03. The number of aliphatic imine (C=N–C) groups is 1. The van der Waals surface area contributed by atoms with Gasteiger partial charge in [-0.2, -0.15) is 13.2 Å². The van der Waals surface area contributed by atoms with Gasteiger partial charge in [0.1, 0.15) is 5.82 Å². The van der Waals surface area contributed by atoms with Gasteiger partial charge in [0, 0.05) is 4.90 Å². The average molecular weight is 345 g/mol. The minimum absolute atomic E-state index is 0.142. The van der Waals surface area contributed by atoms with Crippen LogP contribution in [-0.2, 0) is 0 Å².